The highest BCUT2D eigenvalue weighted by atomic mass is 19.3. The van der Waals surface area contributed by atoms with Crippen molar-refractivity contribution in [3.8, 4) is 12.3 Å². The maximum absolute atomic E-state index is 15.0. The minimum absolute atomic E-state index is 0.118. The normalized spacial score (nSPS) is 23.6. The van der Waals surface area contributed by atoms with Gasteiger partial charge in [-0.3, -0.25) is 9.78 Å². The number of piperidine rings is 1. The Morgan fingerprint density at radius 3 is 2.40 bits per heavy atom. The second-order valence-corrected chi connectivity index (χ2v) is 10.9. The summed E-state index contributed by atoms with van der Waals surface area (Å²) in [6.45, 7) is 3.32. The highest BCUT2D eigenvalue weighted by Gasteiger charge is 2.50. The highest BCUT2D eigenvalue weighted by molar-refractivity contribution is 5.88. The van der Waals surface area contributed by atoms with Gasteiger partial charge in [0.15, 0.2) is 0 Å². The first-order valence-electron chi connectivity index (χ1n) is 12.6. The molecule has 2 aliphatic heterocycles. The largest absolute Gasteiger partial charge is 0.338 e. The molecule has 2 aliphatic carbocycles. The summed E-state index contributed by atoms with van der Waals surface area (Å²) >= 11 is 0. The molecular weight excluding hydrogens is 452 g/mol. The number of rotatable bonds is 8. The number of likely N-dealkylation sites (tertiary alicyclic amines) is 2. The summed E-state index contributed by atoms with van der Waals surface area (Å²) in [5, 5.41) is 5.30. The number of carbonyl (C=O) groups excluding carboxylic acids is 2. The van der Waals surface area contributed by atoms with Gasteiger partial charge in [-0.05, 0) is 69.3 Å². The molecule has 1 aromatic rings. The summed E-state index contributed by atoms with van der Waals surface area (Å²) in [4.78, 5) is 34.0. The van der Waals surface area contributed by atoms with E-state index in [0.717, 1.165) is 32.0 Å². The summed E-state index contributed by atoms with van der Waals surface area (Å²) in [5.74, 6) is -1.31. The third kappa shape index (κ3) is 5.58. The molecule has 2 saturated carbocycles. The van der Waals surface area contributed by atoms with Crippen molar-refractivity contribution >= 4 is 11.9 Å². The zero-order valence-electron chi connectivity index (χ0n) is 19.9. The predicted octanol–water partition coefficient (Wildman–Crippen LogP) is 2.57. The Morgan fingerprint density at radius 2 is 1.83 bits per heavy atom. The molecule has 0 unspecified atom stereocenters. The Balaban J connectivity index is 1.20. The first kappa shape index (κ1) is 24.0. The van der Waals surface area contributed by atoms with Gasteiger partial charge in [0.25, 0.3) is 5.92 Å². The van der Waals surface area contributed by atoms with Gasteiger partial charge < -0.3 is 20.4 Å². The molecule has 3 amide bonds. The fourth-order valence-electron chi connectivity index (χ4n) is 5.40. The van der Waals surface area contributed by atoms with E-state index in [9.17, 15) is 18.4 Å². The molecule has 3 heterocycles. The zero-order valence-corrected chi connectivity index (χ0v) is 19.9. The number of urea groups is 1. The third-order valence-corrected chi connectivity index (χ3v) is 7.98. The molecule has 35 heavy (non-hydrogen) atoms. The lowest BCUT2D eigenvalue weighted by atomic mass is 9.72. The van der Waals surface area contributed by atoms with E-state index in [4.69, 9.17) is 6.42 Å². The van der Waals surface area contributed by atoms with E-state index < -0.39 is 42.3 Å². The Labute approximate surface area is 205 Å². The standard InChI is InChI=1S/C26H33F2N5O2/c1-2-25(7-8-25)31-22(34)21(16-26(27,28)15-19-5-11-29-12-6-19)30-23(35)33-17-24(18-33)9-13-32(14-10-24)20-3-4-20/h1,5-6,11-12,20-21H,3-4,7-10,13-18H2,(H,30,35)(H,31,34)/t21-/m0/s1. The Kier molecular flexibility index (Phi) is 6.20. The van der Waals surface area contributed by atoms with Crippen molar-refractivity contribution in [3.63, 3.8) is 0 Å². The Hall–Kier alpha value is -2.73. The fourth-order valence-corrected chi connectivity index (χ4v) is 5.40. The van der Waals surface area contributed by atoms with E-state index in [1.54, 1.807) is 4.90 Å². The summed E-state index contributed by atoms with van der Waals surface area (Å²) in [6, 6.07) is 1.95. The van der Waals surface area contributed by atoms with E-state index >= 15 is 0 Å². The molecule has 0 radical (unpaired) electrons. The third-order valence-electron chi connectivity index (χ3n) is 7.98. The lowest BCUT2D eigenvalue weighted by Crippen LogP contribution is -2.65. The molecule has 188 valence electrons. The monoisotopic (exact) mass is 485 g/mol. The number of halogens is 2. The van der Waals surface area contributed by atoms with Crippen molar-refractivity contribution in [1.82, 2.24) is 25.4 Å². The van der Waals surface area contributed by atoms with Crippen LogP contribution in [-0.4, -0.2) is 76.4 Å². The number of amides is 3. The van der Waals surface area contributed by atoms with Gasteiger partial charge >= 0.3 is 6.03 Å². The van der Waals surface area contributed by atoms with Crippen LogP contribution in [0.2, 0.25) is 0 Å². The molecule has 1 aromatic heterocycles. The minimum atomic E-state index is -3.20. The maximum atomic E-state index is 15.0. The maximum Gasteiger partial charge on any atom is 0.318 e. The first-order valence-corrected chi connectivity index (χ1v) is 12.6. The van der Waals surface area contributed by atoms with Crippen LogP contribution in [0, 0.1) is 17.8 Å². The number of aromatic nitrogens is 1. The van der Waals surface area contributed by atoms with Gasteiger partial charge in [0.1, 0.15) is 11.6 Å². The Bertz CT molecular complexity index is 987. The number of nitrogens with one attached hydrogen (secondary N) is 2. The second-order valence-electron chi connectivity index (χ2n) is 10.9. The van der Waals surface area contributed by atoms with Gasteiger partial charge in [0, 0.05) is 49.8 Å². The van der Waals surface area contributed by atoms with Crippen molar-refractivity contribution in [2.75, 3.05) is 26.2 Å². The first-order chi connectivity index (χ1) is 16.7. The van der Waals surface area contributed by atoms with E-state index in [1.165, 1.54) is 37.4 Å². The van der Waals surface area contributed by atoms with Crippen LogP contribution in [0.15, 0.2) is 24.5 Å². The number of carbonyl (C=O) groups is 2. The SMILES string of the molecule is C#CC1(NC(=O)[C@H](CC(F)(F)Cc2ccncc2)NC(=O)N2CC3(CCN(C4CC4)CC3)C2)CC1. The van der Waals surface area contributed by atoms with E-state index in [1.807, 2.05) is 0 Å². The number of nitrogens with zero attached hydrogens (tertiary/aromatic N) is 3. The van der Waals surface area contributed by atoms with E-state index in [-0.39, 0.29) is 5.41 Å². The summed E-state index contributed by atoms with van der Waals surface area (Å²) < 4.78 is 30.0. The molecule has 2 N–H and O–H groups in total. The highest BCUT2D eigenvalue weighted by Crippen LogP contribution is 2.43. The average Bonchev–Trinajstić information content (AvgIpc) is 3.73. The van der Waals surface area contributed by atoms with Gasteiger partial charge in [-0.15, -0.1) is 6.42 Å². The molecular formula is C26H33F2N5O2. The van der Waals surface area contributed by atoms with Gasteiger partial charge in [-0.25, -0.2) is 13.6 Å². The van der Waals surface area contributed by atoms with Crippen molar-refractivity contribution in [3.05, 3.63) is 30.1 Å². The number of hydrogen-bond donors (Lipinski definition) is 2. The van der Waals surface area contributed by atoms with Crippen LogP contribution in [0.3, 0.4) is 0 Å². The molecule has 9 heteroatoms. The van der Waals surface area contributed by atoms with Crippen molar-refractivity contribution in [1.29, 1.82) is 0 Å². The molecule has 4 aliphatic rings. The van der Waals surface area contributed by atoms with E-state index in [2.05, 4.69) is 26.4 Å². The molecule has 0 aromatic carbocycles. The zero-order chi connectivity index (χ0) is 24.7. The molecule has 4 fully saturated rings. The molecule has 7 nitrogen and oxygen atoms in total. The van der Waals surface area contributed by atoms with Crippen LogP contribution < -0.4 is 10.6 Å². The number of alkyl halides is 2. The number of hydrogen-bond acceptors (Lipinski definition) is 4. The Morgan fingerprint density at radius 1 is 1.17 bits per heavy atom. The lowest BCUT2D eigenvalue weighted by Gasteiger charge is -2.54. The van der Waals surface area contributed by atoms with Crippen LogP contribution in [0.4, 0.5) is 13.6 Å². The molecule has 0 bridgehead atoms. The molecule has 2 saturated heterocycles. The van der Waals surface area contributed by atoms with Gasteiger partial charge in [-0.2, -0.15) is 0 Å². The fraction of sp³-hybridized carbons (Fsp3) is 0.654. The van der Waals surface area contributed by atoms with Crippen LogP contribution in [0.25, 0.3) is 0 Å². The molecule has 5 rings (SSSR count). The summed E-state index contributed by atoms with van der Waals surface area (Å²) in [6.07, 6.45) is 13.0. The van der Waals surface area contributed by atoms with Gasteiger partial charge in [-0.1, -0.05) is 5.92 Å². The number of pyridine rings is 1. The predicted molar refractivity (Wildman–Crippen MR) is 127 cm³/mol. The molecule has 1 spiro atoms. The lowest BCUT2D eigenvalue weighted by molar-refractivity contribution is -0.126. The van der Waals surface area contributed by atoms with Crippen molar-refractivity contribution < 1.29 is 18.4 Å². The second kappa shape index (κ2) is 9.05. The van der Waals surface area contributed by atoms with Crippen molar-refractivity contribution in [2.24, 2.45) is 5.41 Å². The van der Waals surface area contributed by atoms with Gasteiger partial charge in [0.05, 0.1) is 0 Å². The van der Waals surface area contributed by atoms with Crippen molar-refractivity contribution in [2.45, 2.75) is 74.9 Å². The summed E-state index contributed by atoms with van der Waals surface area (Å²) in [7, 11) is 0. The van der Waals surface area contributed by atoms with Gasteiger partial charge in [0.2, 0.25) is 5.91 Å². The van der Waals surface area contributed by atoms with Crippen LogP contribution in [-0.2, 0) is 11.2 Å². The average molecular weight is 486 g/mol. The topological polar surface area (TPSA) is 77.6 Å². The smallest absolute Gasteiger partial charge is 0.318 e. The van der Waals surface area contributed by atoms with Crippen LogP contribution in [0.1, 0.15) is 50.5 Å². The number of terminal acetylenes is 1. The van der Waals surface area contributed by atoms with Crippen LogP contribution >= 0.6 is 0 Å². The minimum Gasteiger partial charge on any atom is -0.338 e. The molecule has 1 atom stereocenters. The summed E-state index contributed by atoms with van der Waals surface area (Å²) in [5.41, 5.74) is -0.246. The van der Waals surface area contributed by atoms with Crippen LogP contribution in [0.5, 0.6) is 0 Å². The quantitative estimate of drug-likeness (QED) is 0.555. The van der Waals surface area contributed by atoms with E-state index in [0.29, 0.717) is 31.5 Å².